The standard InChI is InChI=1S/C17H14ClN3O3.C2H6/c1-9-20-15-7-14(18)11(6-13(15)16(22)21-9)8-19-12-4-2-10(3-5-12)17(23)24;1-2/h2-7,19H,8H2,1H3,(H,23,24)(H,20,21,22);1-2H3. The first-order valence-corrected chi connectivity index (χ1v) is 8.58. The Morgan fingerprint density at radius 3 is 2.50 bits per heavy atom. The lowest BCUT2D eigenvalue weighted by Gasteiger charge is -2.10. The zero-order valence-electron chi connectivity index (χ0n) is 14.8. The van der Waals surface area contributed by atoms with Gasteiger partial charge in [0.15, 0.2) is 0 Å². The van der Waals surface area contributed by atoms with Crippen LogP contribution < -0.4 is 10.9 Å². The van der Waals surface area contributed by atoms with Crippen molar-refractivity contribution in [2.75, 3.05) is 5.32 Å². The van der Waals surface area contributed by atoms with Crippen LogP contribution in [0.4, 0.5) is 5.69 Å². The summed E-state index contributed by atoms with van der Waals surface area (Å²) >= 11 is 6.27. The number of fused-ring (bicyclic) bond motifs is 1. The summed E-state index contributed by atoms with van der Waals surface area (Å²) in [7, 11) is 0. The lowest BCUT2D eigenvalue weighted by atomic mass is 10.1. The van der Waals surface area contributed by atoms with Crippen molar-refractivity contribution >= 4 is 34.2 Å². The van der Waals surface area contributed by atoms with Crippen molar-refractivity contribution in [3.05, 3.63) is 68.7 Å². The summed E-state index contributed by atoms with van der Waals surface area (Å²) in [6, 6.07) is 9.77. The highest BCUT2D eigenvalue weighted by Crippen LogP contribution is 2.22. The summed E-state index contributed by atoms with van der Waals surface area (Å²) in [6.07, 6.45) is 0. The third-order valence-corrected chi connectivity index (χ3v) is 3.96. The van der Waals surface area contributed by atoms with Gasteiger partial charge >= 0.3 is 5.97 Å². The molecule has 0 fully saturated rings. The fraction of sp³-hybridized carbons (Fsp3) is 0.211. The first-order valence-electron chi connectivity index (χ1n) is 8.20. The quantitative estimate of drug-likeness (QED) is 0.636. The largest absolute Gasteiger partial charge is 0.478 e. The monoisotopic (exact) mass is 373 g/mol. The highest BCUT2D eigenvalue weighted by molar-refractivity contribution is 6.32. The zero-order chi connectivity index (χ0) is 19.3. The maximum absolute atomic E-state index is 12.0. The van der Waals surface area contributed by atoms with Crippen molar-refractivity contribution in [2.45, 2.75) is 27.3 Å². The molecule has 0 saturated heterocycles. The number of aryl methyl sites for hydroxylation is 1. The summed E-state index contributed by atoms with van der Waals surface area (Å²) in [5.41, 5.74) is 2.07. The molecule has 0 aliphatic carbocycles. The normalized spacial score (nSPS) is 10.2. The smallest absolute Gasteiger partial charge is 0.335 e. The Hall–Kier alpha value is -2.86. The number of nitrogens with one attached hydrogen (secondary N) is 2. The number of carboxylic acids is 1. The Morgan fingerprint density at radius 2 is 1.88 bits per heavy atom. The molecule has 0 radical (unpaired) electrons. The molecule has 26 heavy (non-hydrogen) atoms. The minimum absolute atomic E-state index is 0.207. The van der Waals surface area contributed by atoms with Gasteiger partial charge < -0.3 is 15.4 Å². The average molecular weight is 374 g/mol. The van der Waals surface area contributed by atoms with Crippen molar-refractivity contribution in [1.29, 1.82) is 0 Å². The van der Waals surface area contributed by atoms with Crippen LogP contribution >= 0.6 is 11.6 Å². The van der Waals surface area contributed by atoms with Crippen LogP contribution in [0.2, 0.25) is 5.02 Å². The molecule has 1 heterocycles. The molecule has 0 saturated carbocycles. The molecule has 3 N–H and O–H groups in total. The van der Waals surface area contributed by atoms with E-state index in [1.165, 1.54) is 12.1 Å². The number of anilines is 1. The molecular formula is C19H20ClN3O3. The number of aromatic amines is 1. The number of carboxylic acid groups (broad SMARTS) is 1. The van der Waals surface area contributed by atoms with Gasteiger partial charge in [-0.15, -0.1) is 0 Å². The Kier molecular flexibility index (Phi) is 6.36. The molecular weight excluding hydrogens is 354 g/mol. The van der Waals surface area contributed by atoms with E-state index in [0.717, 1.165) is 11.3 Å². The average Bonchev–Trinajstić information content (AvgIpc) is 2.62. The second-order valence-corrected chi connectivity index (χ2v) is 5.76. The van der Waals surface area contributed by atoms with Crippen molar-refractivity contribution in [3.8, 4) is 0 Å². The number of hydrogen-bond donors (Lipinski definition) is 3. The third-order valence-electron chi connectivity index (χ3n) is 3.61. The van der Waals surface area contributed by atoms with E-state index in [1.807, 2.05) is 13.8 Å². The lowest BCUT2D eigenvalue weighted by molar-refractivity contribution is 0.0697. The number of halogens is 1. The fourth-order valence-corrected chi connectivity index (χ4v) is 2.61. The van der Waals surface area contributed by atoms with E-state index < -0.39 is 5.97 Å². The number of hydrogen-bond acceptors (Lipinski definition) is 4. The molecule has 0 aliphatic rings. The van der Waals surface area contributed by atoms with Gasteiger partial charge in [-0.25, -0.2) is 9.78 Å². The van der Waals surface area contributed by atoms with Gasteiger partial charge in [0.25, 0.3) is 5.56 Å². The van der Waals surface area contributed by atoms with Crippen LogP contribution in [-0.4, -0.2) is 21.0 Å². The summed E-state index contributed by atoms with van der Waals surface area (Å²) in [5.74, 6) is -0.436. The van der Waals surface area contributed by atoms with E-state index in [2.05, 4.69) is 15.3 Å². The minimum atomic E-state index is -0.971. The van der Waals surface area contributed by atoms with E-state index in [0.29, 0.717) is 28.3 Å². The van der Waals surface area contributed by atoms with Crippen LogP contribution in [0.5, 0.6) is 0 Å². The van der Waals surface area contributed by atoms with Gasteiger partial charge in [-0.2, -0.15) is 0 Å². The van der Waals surface area contributed by atoms with Crippen molar-refractivity contribution in [2.24, 2.45) is 0 Å². The van der Waals surface area contributed by atoms with Crippen molar-refractivity contribution in [3.63, 3.8) is 0 Å². The Bertz CT molecular complexity index is 982. The predicted molar refractivity (Wildman–Crippen MR) is 104 cm³/mol. The first-order chi connectivity index (χ1) is 12.4. The molecule has 2 aromatic carbocycles. The molecule has 3 rings (SSSR count). The highest BCUT2D eigenvalue weighted by Gasteiger charge is 2.08. The van der Waals surface area contributed by atoms with Crippen LogP contribution in [-0.2, 0) is 6.54 Å². The number of aromatic nitrogens is 2. The van der Waals surface area contributed by atoms with Crippen molar-refractivity contribution in [1.82, 2.24) is 9.97 Å². The van der Waals surface area contributed by atoms with Gasteiger partial charge in [-0.3, -0.25) is 4.79 Å². The summed E-state index contributed by atoms with van der Waals surface area (Å²) in [4.78, 5) is 29.8. The number of nitrogens with zero attached hydrogens (tertiary/aromatic N) is 1. The molecule has 0 spiro atoms. The molecule has 0 atom stereocenters. The fourth-order valence-electron chi connectivity index (χ4n) is 2.39. The van der Waals surface area contributed by atoms with Crippen molar-refractivity contribution < 1.29 is 9.90 Å². The van der Waals surface area contributed by atoms with E-state index >= 15 is 0 Å². The molecule has 0 bridgehead atoms. The third kappa shape index (κ3) is 4.40. The summed E-state index contributed by atoms with van der Waals surface area (Å²) < 4.78 is 0. The molecule has 0 unspecified atom stereocenters. The topological polar surface area (TPSA) is 95.1 Å². The summed E-state index contributed by atoms with van der Waals surface area (Å²) in [6.45, 7) is 6.11. The molecule has 136 valence electrons. The van der Waals surface area contributed by atoms with Crippen LogP contribution in [0.3, 0.4) is 0 Å². The van der Waals surface area contributed by atoms with Gasteiger partial charge in [0.2, 0.25) is 0 Å². The lowest BCUT2D eigenvalue weighted by Crippen LogP contribution is -2.11. The first kappa shape index (κ1) is 19.5. The van der Waals surface area contributed by atoms with Gasteiger partial charge in [0.1, 0.15) is 5.82 Å². The van der Waals surface area contributed by atoms with Gasteiger partial charge in [0, 0.05) is 17.3 Å². The zero-order valence-corrected chi connectivity index (χ0v) is 15.5. The highest BCUT2D eigenvalue weighted by atomic mass is 35.5. The number of carbonyl (C=O) groups is 1. The Labute approximate surface area is 155 Å². The SMILES string of the molecule is CC.Cc1nc2cc(Cl)c(CNc3ccc(C(=O)O)cc3)cc2c(=O)[nH]1. The predicted octanol–water partition coefficient (Wildman–Crippen LogP) is 4.22. The molecule has 6 nitrogen and oxygen atoms in total. The van der Waals surface area contributed by atoms with Crippen LogP contribution in [0, 0.1) is 6.92 Å². The number of aromatic carboxylic acids is 1. The second kappa shape index (κ2) is 8.49. The van der Waals surface area contributed by atoms with Crippen LogP contribution in [0.25, 0.3) is 10.9 Å². The molecule has 0 amide bonds. The van der Waals surface area contributed by atoms with Crippen LogP contribution in [0.15, 0.2) is 41.2 Å². The van der Waals surface area contributed by atoms with E-state index in [-0.39, 0.29) is 11.1 Å². The number of benzene rings is 2. The Balaban J connectivity index is 0.00000117. The molecule has 0 aliphatic heterocycles. The van der Waals surface area contributed by atoms with Gasteiger partial charge in [-0.05, 0) is 48.9 Å². The Morgan fingerprint density at radius 1 is 1.23 bits per heavy atom. The van der Waals surface area contributed by atoms with Gasteiger partial charge in [0.05, 0.1) is 16.5 Å². The molecule has 1 aromatic heterocycles. The van der Waals surface area contributed by atoms with E-state index in [1.54, 1.807) is 31.2 Å². The molecule has 3 aromatic rings. The summed E-state index contributed by atoms with van der Waals surface area (Å²) in [5, 5.41) is 13.0. The molecule has 7 heteroatoms. The van der Waals surface area contributed by atoms with E-state index in [9.17, 15) is 9.59 Å². The maximum Gasteiger partial charge on any atom is 0.335 e. The second-order valence-electron chi connectivity index (χ2n) is 5.35. The van der Waals surface area contributed by atoms with E-state index in [4.69, 9.17) is 16.7 Å². The minimum Gasteiger partial charge on any atom is -0.478 e. The van der Waals surface area contributed by atoms with Crippen LogP contribution in [0.1, 0.15) is 35.6 Å². The number of H-pyrrole nitrogens is 1. The van der Waals surface area contributed by atoms with Gasteiger partial charge in [-0.1, -0.05) is 25.4 Å². The number of rotatable bonds is 4. The maximum atomic E-state index is 12.0.